The van der Waals surface area contributed by atoms with Crippen molar-refractivity contribution in [2.75, 3.05) is 31.1 Å². The van der Waals surface area contributed by atoms with Gasteiger partial charge in [0.05, 0.1) is 29.9 Å². The first-order chi connectivity index (χ1) is 18.2. The molecular weight excluding hydrogens is 499 g/mol. The van der Waals surface area contributed by atoms with Crippen LogP contribution in [-0.4, -0.2) is 56.8 Å². The van der Waals surface area contributed by atoms with Crippen LogP contribution in [0.25, 0.3) is 10.9 Å². The number of rotatable bonds is 5. The number of alkyl halides is 3. The number of fused-ring (bicyclic) bond motifs is 2. The van der Waals surface area contributed by atoms with Crippen molar-refractivity contribution in [3.05, 3.63) is 41.6 Å². The molecule has 0 N–H and O–H groups in total. The third-order valence-electron chi connectivity index (χ3n) is 6.99. The quantitative estimate of drug-likeness (QED) is 0.494. The maximum Gasteiger partial charge on any atom is 0.451 e. The van der Waals surface area contributed by atoms with Crippen molar-refractivity contribution in [2.45, 2.75) is 46.0 Å². The number of nitrogens with zero attached hydrogens (tertiary/aromatic N) is 7. The molecule has 12 heteroatoms. The molecule has 0 saturated carbocycles. The molecule has 2 aliphatic rings. The summed E-state index contributed by atoms with van der Waals surface area (Å²) in [4.78, 5) is 21.4. The highest BCUT2D eigenvalue weighted by atomic mass is 19.4. The van der Waals surface area contributed by atoms with Crippen LogP contribution in [0.5, 0.6) is 5.75 Å². The third kappa shape index (κ3) is 4.97. The molecule has 1 saturated heterocycles. The summed E-state index contributed by atoms with van der Waals surface area (Å²) in [7, 11) is 0. The van der Waals surface area contributed by atoms with Crippen LogP contribution in [0.4, 0.5) is 18.9 Å². The second-order valence-corrected chi connectivity index (χ2v) is 10.1. The molecule has 0 radical (unpaired) electrons. The number of benzene rings is 1. The van der Waals surface area contributed by atoms with Gasteiger partial charge in [0, 0.05) is 49.7 Å². The van der Waals surface area contributed by atoms with Gasteiger partial charge in [0.2, 0.25) is 11.7 Å². The van der Waals surface area contributed by atoms with Gasteiger partial charge in [-0.15, -0.1) is 10.2 Å². The Bertz CT molecular complexity index is 1390. The minimum Gasteiger partial charge on any atom is -0.493 e. The lowest BCUT2D eigenvalue weighted by Gasteiger charge is -2.37. The van der Waals surface area contributed by atoms with Gasteiger partial charge in [-0.25, -0.2) is 0 Å². The summed E-state index contributed by atoms with van der Waals surface area (Å²) < 4.78 is 46.3. The number of anilines is 1. The largest absolute Gasteiger partial charge is 0.493 e. The van der Waals surface area contributed by atoms with Crippen LogP contribution in [0, 0.1) is 23.2 Å². The molecule has 0 spiro atoms. The molecule has 4 heterocycles. The molecule has 38 heavy (non-hydrogen) atoms. The minimum atomic E-state index is -4.58. The van der Waals surface area contributed by atoms with Crippen molar-refractivity contribution < 1.29 is 22.7 Å². The Morgan fingerprint density at radius 1 is 1.18 bits per heavy atom. The van der Waals surface area contributed by atoms with E-state index in [1.54, 1.807) is 11.1 Å². The Hall–Kier alpha value is -3.88. The Balaban J connectivity index is 1.28. The Morgan fingerprint density at radius 3 is 2.63 bits per heavy atom. The molecule has 5 rings (SSSR count). The molecule has 0 aliphatic carbocycles. The van der Waals surface area contributed by atoms with E-state index in [1.165, 1.54) is 0 Å². The Morgan fingerprint density at radius 2 is 1.95 bits per heavy atom. The van der Waals surface area contributed by atoms with Crippen LogP contribution in [0.3, 0.4) is 0 Å². The average Bonchev–Trinajstić information content (AvgIpc) is 3.35. The lowest BCUT2D eigenvalue weighted by atomic mass is 9.93. The standard InChI is InChI=1S/C26H28F3N7O2/c1-16(2)15-38-19-3-4-20-21(11-19)31-13-18(12-30)23(20)34-7-5-17(6-8-34)24(37)35-9-10-36-22(14-35)32-33-25(36)26(27,28)29/h3-4,11,13,16-17H,5-10,14-15H2,1-2H3. The van der Waals surface area contributed by atoms with Crippen LogP contribution < -0.4 is 9.64 Å². The zero-order chi connectivity index (χ0) is 27.0. The van der Waals surface area contributed by atoms with Crippen molar-refractivity contribution in [1.29, 1.82) is 5.26 Å². The fourth-order valence-electron chi connectivity index (χ4n) is 5.10. The monoisotopic (exact) mass is 527 g/mol. The molecule has 200 valence electrons. The van der Waals surface area contributed by atoms with Gasteiger partial charge in [-0.05, 0) is 30.9 Å². The van der Waals surface area contributed by atoms with E-state index >= 15 is 0 Å². The van der Waals surface area contributed by atoms with Crippen molar-refractivity contribution in [3.63, 3.8) is 0 Å². The zero-order valence-electron chi connectivity index (χ0n) is 21.2. The Kier molecular flexibility index (Phi) is 6.86. The maximum absolute atomic E-state index is 13.2. The molecular formula is C26H28F3N7O2. The van der Waals surface area contributed by atoms with Gasteiger partial charge < -0.3 is 19.1 Å². The number of pyridine rings is 1. The number of piperidine rings is 1. The molecule has 2 aliphatic heterocycles. The van der Waals surface area contributed by atoms with Gasteiger partial charge in [0.25, 0.3) is 0 Å². The van der Waals surface area contributed by atoms with Crippen LogP contribution in [0.15, 0.2) is 24.4 Å². The number of carbonyl (C=O) groups is 1. The highest BCUT2D eigenvalue weighted by Crippen LogP contribution is 2.35. The highest BCUT2D eigenvalue weighted by Gasteiger charge is 2.40. The van der Waals surface area contributed by atoms with E-state index in [2.05, 4.69) is 40.0 Å². The zero-order valence-corrected chi connectivity index (χ0v) is 21.2. The maximum atomic E-state index is 13.2. The van der Waals surface area contributed by atoms with Crippen LogP contribution >= 0.6 is 0 Å². The molecule has 0 unspecified atom stereocenters. The van der Waals surface area contributed by atoms with Crippen LogP contribution in [0.1, 0.15) is 43.9 Å². The molecule has 9 nitrogen and oxygen atoms in total. The molecule has 2 aromatic heterocycles. The lowest BCUT2D eigenvalue weighted by Crippen LogP contribution is -2.45. The van der Waals surface area contributed by atoms with Crippen LogP contribution in [-0.2, 0) is 24.1 Å². The normalized spacial score (nSPS) is 16.6. The Labute approximate surface area is 217 Å². The van der Waals surface area contributed by atoms with Gasteiger partial charge >= 0.3 is 6.18 Å². The lowest BCUT2D eigenvalue weighted by molar-refractivity contribution is -0.148. The number of nitriles is 1. The van der Waals surface area contributed by atoms with Gasteiger partial charge in [-0.3, -0.25) is 9.78 Å². The van der Waals surface area contributed by atoms with Crippen LogP contribution in [0.2, 0.25) is 0 Å². The number of ether oxygens (including phenoxy) is 1. The van der Waals surface area contributed by atoms with Crippen molar-refractivity contribution >= 4 is 22.5 Å². The van der Waals surface area contributed by atoms with E-state index in [1.807, 2.05) is 18.2 Å². The predicted octanol–water partition coefficient (Wildman–Crippen LogP) is 4.01. The first-order valence-electron chi connectivity index (χ1n) is 12.6. The molecule has 0 bridgehead atoms. The molecule has 1 aromatic carbocycles. The topological polar surface area (TPSA) is 100 Å². The predicted molar refractivity (Wildman–Crippen MR) is 132 cm³/mol. The van der Waals surface area contributed by atoms with Crippen molar-refractivity contribution in [1.82, 2.24) is 24.6 Å². The van der Waals surface area contributed by atoms with Gasteiger partial charge in [-0.2, -0.15) is 18.4 Å². The third-order valence-corrected chi connectivity index (χ3v) is 6.99. The first-order valence-corrected chi connectivity index (χ1v) is 12.6. The molecule has 0 atom stereocenters. The highest BCUT2D eigenvalue weighted by molar-refractivity contribution is 5.95. The summed E-state index contributed by atoms with van der Waals surface area (Å²) >= 11 is 0. The summed E-state index contributed by atoms with van der Waals surface area (Å²) in [6.07, 6.45) is -1.87. The van der Waals surface area contributed by atoms with Gasteiger partial charge in [-0.1, -0.05) is 13.8 Å². The first kappa shape index (κ1) is 25.8. The van der Waals surface area contributed by atoms with E-state index in [-0.39, 0.29) is 37.3 Å². The molecule has 3 aromatic rings. The smallest absolute Gasteiger partial charge is 0.451 e. The number of carbonyl (C=O) groups excluding carboxylic acids is 1. The van der Waals surface area contributed by atoms with E-state index in [9.17, 15) is 23.2 Å². The van der Waals surface area contributed by atoms with E-state index < -0.39 is 12.0 Å². The number of halogens is 3. The minimum absolute atomic E-state index is 0.0108. The second kappa shape index (κ2) is 10.1. The SMILES string of the molecule is CC(C)COc1ccc2c(N3CCC(C(=O)N4CCn5c(nnc5C(F)(F)F)C4)CC3)c(C#N)cnc2c1. The van der Waals surface area contributed by atoms with Gasteiger partial charge in [0.1, 0.15) is 11.8 Å². The fourth-order valence-corrected chi connectivity index (χ4v) is 5.10. The summed E-state index contributed by atoms with van der Waals surface area (Å²) in [5.41, 5.74) is 1.99. The summed E-state index contributed by atoms with van der Waals surface area (Å²) in [6.45, 7) is 6.08. The summed E-state index contributed by atoms with van der Waals surface area (Å²) in [6, 6.07) is 7.92. The summed E-state index contributed by atoms with van der Waals surface area (Å²) in [5.74, 6) is -0.104. The molecule has 1 amide bonds. The van der Waals surface area contributed by atoms with Crippen molar-refractivity contribution in [3.8, 4) is 11.8 Å². The molecule has 1 fully saturated rings. The van der Waals surface area contributed by atoms with Gasteiger partial charge in [0.15, 0.2) is 5.82 Å². The number of hydrogen-bond acceptors (Lipinski definition) is 7. The number of aromatic nitrogens is 4. The van der Waals surface area contributed by atoms with Crippen molar-refractivity contribution in [2.24, 2.45) is 11.8 Å². The average molecular weight is 528 g/mol. The van der Waals surface area contributed by atoms with E-state index in [0.29, 0.717) is 44.0 Å². The number of amides is 1. The second-order valence-electron chi connectivity index (χ2n) is 10.1. The van der Waals surface area contributed by atoms with E-state index in [0.717, 1.165) is 26.9 Å². The number of hydrogen-bond donors (Lipinski definition) is 0. The summed E-state index contributed by atoms with van der Waals surface area (Å²) in [5, 5.41) is 17.6. The fraction of sp³-hybridized carbons (Fsp3) is 0.500. The van der Waals surface area contributed by atoms with E-state index in [4.69, 9.17) is 4.74 Å².